The van der Waals surface area contributed by atoms with Gasteiger partial charge in [0, 0.05) is 6.54 Å². The Kier molecular flexibility index (Phi) is 5.44. The minimum absolute atomic E-state index is 0.0599. The zero-order valence-electron chi connectivity index (χ0n) is 15.9. The van der Waals surface area contributed by atoms with Gasteiger partial charge in [-0.15, -0.1) is 0 Å². The van der Waals surface area contributed by atoms with Gasteiger partial charge in [0.2, 0.25) is 0 Å². The molecule has 5 nitrogen and oxygen atoms in total. The van der Waals surface area contributed by atoms with Crippen molar-refractivity contribution in [2.45, 2.75) is 51.5 Å². The number of fused-ring (bicyclic) bond motifs is 1. The van der Waals surface area contributed by atoms with Crippen LogP contribution in [0.5, 0.6) is 0 Å². The molecule has 0 aliphatic heterocycles. The Labute approximate surface area is 163 Å². The lowest BCUT2D eigenvalue weighted by Crippen LogP contribution is -2.15. The molecular formula is C20H24N2O3S2. The van der Waals surface area contributed by atoms with Crippen molar-refractivity contribution in [3.63, 3.8) is 0 Å². The maximum absolute atomic E-state index is 13.0. The van der Waals surface area contributed by atoms with E-state index in [1.165, 1.54) is 0 Å². The van der Waals surface area contributed by atoms with Crippen LogP contribution in [0.25, 0.3) is 10.2 Å². The number of anilines is 1. The van der Waals surface area contributed by atoms with Crippen molar-refractivity contribution in [3.8, 4) is 0 Å². The van der Waals surface area contributed by atoms with Gasteiger partial charge in [0.15, 0.2) is 0 Å². The van der Waals surface area contributed by atoms with Crippen LogP contribution in [0.1, 0.15) is 44.2 Å². The average molecular weight is 405 g/mol. The predicted octanol–water partition coefficient (Wildman–Crippen LogP) is 4.71. The van der Waals surface area contributed by atoms with E-state index in [4.69, 9.17) is 0 Å². The summed E-state index contributed by atoms with van der Waals surface area (Å²) in [4.78, 5) is 12.3. The van der Waals surface area contributed by atoms with Crippen LogP contribution in [-0.4, -0.2) is 13.0 Å². The summed E-state index contributed by atoms with van der Waals surface area (Å²) in [5, 5.41) is 0. The van der Waals surface area contributed by atoms with Gasteiger partial charge in [0.1, 0.15) is 0 Å². The molecule has 3 aromatic rings. The van der Waals surface area contributed by atoms with E-state index in [1.807, 2.05) is 45.9 Å². The molecule has 1 heterocycles. The van der Waals surface area contributed by atoms with Gasteiger partial charge in [-0.1, -0.05) is 50.3 Å². The lowest BCUT2D eigenvalue weighted by molar-refractivity contribution is 0.601. The average Bonchev–Trinajstić information content (AvgIpc) is 2.91. The molecule has 0 aliphatic rings. The Morgan fingerprint density at radius 1 is 1.19 bits per heavy atom. The monoisotopic (exact) mass is 404 g/mol. The molecule has 0 aliphatic carbocycles. The van der Waals surface area contributed by atoms with Crippen molar-refractivity contribution in [1.29, 1.82) is 0 Å². The molecule has 0 spiro atoms. The smallest absolute Gasteiger partial charge is 0.299 e. The van der Waals surface area contributed by atoms with Crippen LogP contribution in [0.15, 0.2) is 46.1 Å². The van der Waals surface area contributed by atoms with Crippen LogP contribution in [0, 0.1) is 6.92 Å². The van der Waals surface area contributed by atoms with E-state index in [2.05, 4.69) is 4.72 Å². The second-order valence-electron chi connectivity index (χ2n) is 6.95. The number of nitrogens with zero attached hydrogens (tertiary/aromatic N) is 1. The quantitative estimate of drug-likeness (QED) is 0.647. The highest BCUT2D eigenvalue weighted by atomic mass is 32.2. The number of sulfonamides is 1. The molecule has 27 heavy (non-hydrogen) atoms. The summed E-state index contributed by atoms with van der Waals surface area (Å²) in [6, 6.07) is 10.6. The van der Waals surface area contributed by atoms with Gasteiger partial charge in [-0.2, -0.15) is 0 Å². The molecule has 3 rings (SSSR count). The van der Waals surface area contributed by atoms with E-state index in [0.29, 0.717) is 16.9 Å². The minimum atomic E-state index is -3.75. The SMILES string of the molecule is CCCn1c(=O)sc2cc(S(=O)(=O)Nc3c(C)cccc3C(C)C)ccc21. The number of aromatic nitrogens is 1. The van der Waals surface area contributed by atoms with Gasteiger partial charge in [-0.25, -0.2) is 8.42 Å². The van der Waals surface area contributed by atoms with Crippen molar-refractivity contribution >= 4 is 37.3 Å². The highest BCUT2D eigenvalue weighted by molar-refractivity contribution is 7.92. The molecule has 2 aromatic carbocycles. The van der Waals surface area contributed by atoms with Crippen LogP contribution in [0.4, 0.5) is 5.69 Å². The first kappa shape index (κ1) is 19.6. The van der Waals surface area contributed by atoms with Crippen LogP contribution >= 0.6 is 11.3 Å². The fourth-order valence-corrected chi connectivity index (χ4v) is 5.37. The van der Waals surface area contributed by atoms with Crippen LogP contribution < -0.4 is 9.60 Å². The molecule has 0 fully saturated rings. The normalized spacial score (nSPS) is 12.0. The third-order valence-corrected chi connectivity index (χ3v) is 6.85. The maximum atomic E-state index is 13.0. The first-order valence-corrected chi connectivity index (χ1v) is 11.3. The Bertz CT molecular complexity index is 1140. The predicted molar refractivity (Wildman–Crippen MR) is 112 cm³/mol. The molecule has 144 valence electrons. The summed E-state index contributed by atoms with van der Waals surface area (Å²) in [5.41, 5.74) is 3.25. The highest BCUT2D eigenvalue weighted by Crippen LogP contribution is 2.30. The Morgan fingerprint density at radius 3 is 2.59 bits per heavy atom. The molecule has 0 saturated carbocycles. The van der Waals surface area contributed by atoms with Gasteiger partial charge in [0.05, 0.1) is 20.8 Å². The number of hydrogen-bond acceptors (Lipinski definition) is 4. The zero-order chi connectivity index (χ0) is 19.8. The number of rotatable bonds is 6. The maximum Gasteiger partial charge on any atom is 0.308 e. The van der Waals surface area contributed by atoms with Gasteiger partial charge >= 0.3 is 4.87 Å². The second-order valence-corrected chi connectivity index (χ2v) is 9.62. The molecule has 0 amide bonds. The summed E-state index contributed by atoms with van der Waals surface area (Å²) in [6.07, 6.45) is 0.846. The molecule has 0 radical (unpaired) electrons. The van der Waals surface area contributed by atoms with E-state index in [1.54, 1.807) is 22.8 Å². The summed E-state index contributed by atoms with van der Waals surface area (Å²) < 4.78 is 31.1. The standard InChI is InChI=1S/C20H24N2O3S2/c1-5-11-22-17-10-9-15(12-18(17)26-20(22)23)27(24,25)21-19-14(4)7-6-8-16(19)13(2)3/h6-10,12-13,21H,5,11H2,1-4H3. The topological polar surface area (TPSA) is 68.2 Å². The zero-order valence-corrected chi connectivity index (χ0v) is 17.6. The number of nitrogens with one attached hydrogen (secondary N) is 1. The van der Waals surface area contributed by atoms with E-state index in [9.17, 15) is 13.2 Å². The molecule has 0 atom stereocenters. The summed E-state index contributed by atoms with van der Waals surface area (Å²) in [6.45, 7) is 8.60. The van der Waals surface area contributed by atoms with Gasteiger partial charge in [-0.05, 0) is 48.6 Å². The molecule has 0 bridgehead atoms. The van der Waals surface area contributed by atoms with Crippen molar-refractivity contribution < 1.29 is 8.42 Å². The number of thiazole rings is 1. The molecule has 7 heteroatoms. The minimum Gasteiger partial charge on any atom is -0.299 e. The Morgan fingerprint density at radius 2 is 1.93 bits per heavy atom. The van der Waals surface area contributed by atoms with Gasteiger partial charge in [0.25, 0.3) is 10.0 Å². The van der Waals surface area contributed by atoms with Crippen LogP contribution in [0.2, 0.25) is 0 Å². The van der Waals surface area contributed by atoms with E-state index in [-0.39, 0.29) is 15.7 Å². The first-order valence-electron chi connectivity index (χ1n) is 9.00. The summed E-state index contributed by atoms with van der Waals surface area (Å²) >= 11 is 1.08. The molecule has 0 unspecified atom stereocenters. The third kappa shape index (κ3) is 3.80. The second kappa shape index (κ2) is 7.48. The number of benzene rings is 2. The van der Waals surface area contributed by atoms with Crippen LogP contribution in [-0.2, 0) is 16.6 Å². The van der Waals surface area contributed by atoms with Crippen LogP contribution in [0.3, 0.4) is 0 Å². The van der Waals surface area contributed by atoms with Crippen molar-refractivity contribution in [3.05, 3.63) is 57.2 Å². The fourth-order valence-electron chi connectivity index (χ4n) is 3.15. The first-order chi connectivity index (χ1) is 12.7. The lowest BCUT2D eigenvalue weighted by atomic mass is 9.99. The Hall–Kier alpha value is -2.12. The molecular weight excluding hydrogens is 380 g/mol. The molecule has 1 N–H and O–H groups in total. The summed E-state index contributed by atoms with van der Waals surface area (Å²) in [7, 11) is -3.75. The van der Waals surface area contributed by atoms with Crippen molar-refractivity contribution in [1.82, 2.24) is 4.57 Å². The lowest BCUT2D eigenvalue weighted by Gasteiger charge is -2.17. The number of para-hydroxylation sites is 1. The van der Waals surface area contributed by atoms with Gasteiger partial charge < -0.3 is 0 Å². The van der Waals surface area contributed by atoms with E-state index >= 15 is 0 Å². The van der Waals surface area contributed by atoms with Gasteiger partial charge in [-0.3, -0.25) is 14.1 Å². The van der Waals surface area contributed by atoms with E-state index < -0.39 is 10.0 Å². The summed E-state index contributed by atoms with van der Waals surface area (Å²) in [5.74, 6) is 0.193. The molecule has 1 aromatic heterocycles. The fraction of sp³-hybridized carbons (Fsp3) is 0.350. The number of aryl methyl sites for hydroxylation is 2. The van der Waals surface area contributed by atoms with Crippen molar-refractivity contribution in [2.75, 3.05) is 4.72 Å². The third-order valence-electron chi connectivity index (χ3n) is 4.56. The largest absolute Gasteiger partial charge is 0.308 e. The molecule has 0 saturated heterocycles. The number of hydrogen-bond donors (Lipinski definition) is 1. The van der Waals surface area contributed by atoms with Crippen molar-refractivity contribution in [2.24, 2.45) is 0 Å². The van der Waals surface area contributed by atoms with E-state index in [0.717, 1.165) is 34.4 Å². The highest BCUT2D eigenvalue weighted by Gasteiger charge is 2.20. The Balaban J connectivity index is 2.05.